The fourth-order valence-corrected chi connectivity index (χ4v) is 6.28. The van der Waals surface area contributed by atoms with Crippen LogP contribution in [0.15, 0.2) is 18.2 Å². The first-order valence-corrected chi connectivity index (χ1v) is 13.8. The van der Waals surface area contributed by atoms with Gasteiger partial charge in [-0.3, -0.25) is 0 Å². The highest BCUT2D eigenvalue weighted by atomic mass is 35.5. The zero-order chi connectivity index (χ0) is 26.4. The van der Waals surface area contributed by atoms with E-state index in [1.807, 2.05) is 0 Å². The highest BCUT2D eigenvalue weighted by Gasteiger charge is 2.26. The van der Waals surface area contributed by atoms with Crippen molar-refractivity contribution in [3.05, 3.63) is 34.9 Å². The Balaban J connectivity index is 1.51. The van der Waals surface area contributed by atoms with E-state index in [1.54, 1.807) is 6.07 Å². The number of likely N-dealkylation sites (N-methyl/N-ethyl adjacent to an activating group) is 1. The first-order valence-electron chi connectivity index (χ1n) is 12.6. The van der Waals surface area contributed by atoms with Crippen LogP contribution in [-0.2, 0) is 4.74 Å². The van der Waals surface area contributed by atoms with Gasteiger partial charge in [-0.15, -0.1) is 0 Å². The molecule has 1 atom stereocenters. The van der Waals surface area contributed by atoms with E-state index in [4.69, 9.17) is 31.8 Å². The lowest BCUT2D eigenvalue weighted by Crippen LogP contribution is -2.31. The van der Waals surface area contributed by atoms with Gasteiger partial charge >= 0.3 is 6.01 Å². The summed E-state index contributed by atoms with van der Waals surface area (Å²) in [5.74, 6) is -0.579. The summed E-state index contributed by atoms with van der Waals surface area (Å²) in [5, 5.41) is 0.801. The van der Waals surface area contributed by atoms with Crippen LogP contribution in [0.25, 0.3) is 32.2 Å². The third-order valence-electron chi connectivity index (χ3n) is 7.22. The fraction of sp³-hybridized carbons (Fsp3) is 0.423. The van der Waals surface area contributed by atoms with Gasteiger partial charge in [0.2, 0.25) is 0 Å². The quantitative estimate of drug-likeness (QED) is 0.360. The van der Waals surface area contributed by atoms with Gasteiger partial charge in [-0.2, -0.15) is 9.97 Å². The molecule has 0 amide bonds. The molecule has 0 radical (unpaired) electrons. The van der Waals surface area contributed by atoms with Crippen LogP contribution in [0.4, 0.5) is 19.7 Å². The Hall–Kier alpha value is -2.86. The lowest BCUT2D eigenvalue weighted by molar-refractivity contribution is 0.152. The molecule has 2 aromatic heterocycles. The SMILES string of the molecule is CN1CCC[C@H]1COc1nc(N2CCCOCC2)c2cc(Cl)c(-c3ccc(F)c4sc(N)nc34)c(F)c2n1. The maximum atomic E-state index is 16.4. The van der Waals surface area contributed by atoms with Gasteiger partial charge in [-0.1, -0.05) is 22.9 Å². The molecule has 2 aliphatic rings. The number of halogens is 3. The van der Waals surface area contributed by atoms with Crippen molar-refractivity contribution in [2.45, 2.75) is 25.3 Å². The first kappa shape index (κ1) is 25.4. The molecule has 0 saturated carbocycles. The van der Waals surface area contributed by atoms with Crippen LogP contribution in [0.1, 0.15) is 19.3 Å². The first-order chi connectivity index (χ1) is 18.4. The molecular formula is C26H27ClF2N6O2S. The number of hydrogen-bond acceptors (Lipinski definition) is 9. The zero-order valence-electron chi connectivity index (χ0n) is 20.8. The summed E-state index contributed by atoms with van der Waals surface area (Å²) < 4.78 is 42.8. The van der Waals surface area contributed by atoms with Crippen molar-refractivity contribution in [2.24, 2.45) is 0 Å². The van der Waals surface area contributed by atoms with E-state index in [-0.39, 0.29) is 43.5 Å². The molecule has 8 nitrogen and oxygen atoms in total. The van der Waals surface area contributed by atoms with Gasteiger partial charge in [-0.25, -0.2) is 13.8 Å². The lowest BCUT2D eigenvalue weighted by Gasteiger charge is -2.24. The molecule has 2 fully saturated rings. The average molecular weight is 561 g/mol. The minimum atomic E-state index is -0.649. The second kappa shape index (κ2) is 10.4. The summed E-state index contributed by atoms with van der Waals surface area (Å²) in [5.41, 5.74) is 6.62. The summed E-state index contributed by atoms with van der Waals surface area (Å²) >= 11 is 7.72. The molecule has 0 spiro atoms. The monoisotopic (exact) mass is 560 g/mol. The molecule has 2 saturated heterocycles. The summed E-state index contributed by atoms with van der Waals surface area (Å²) in [6.45, 7) is 3.87. The third kappa shape index (κ3) is 4.61. The number of aromatic nitrogens is 3. The van der Waals surface area contributed by atoms with Crippen LogP contribution in [-0.4, -0.2) is 72.4 Å². The maximum Gasteiger partial charge on any atom is 0.319 e. The molecule has 4 heterocycles. The number of nitrogens with zero attached hydrogens (tertiary/aromatic N) is 5. The molecule has 2 aliphatic heterocycles. The van der Waals surface area contributed by atoms with E-state index < -0.39 is 11.6 Å². The second-order valence-electron chi connectivity index (χ2n) is 9.64. The lowest BCUT2D eigenvalue weighted by atomic mass is 10.0. The van der Waals surface area contributed by atoms with Crippen LogP contribution in [0.3, 0.4) is 0 Å². The van der Waals surface area contributed by atoms with Crippen LogP contribution in [0.5, 0.6) is 6.01 Å². The molecule has 0 unspecified atom stereocenters. The summed E-state index contributed by atoms with van der Waals surface area (Å²) in [4.78, 5) is 17.8. The summed E-state index contributed by atoms with van der Waals surface area (Å²) in [6.07, 6.45) is 2.93. The number of rotatable bonds is 5. The van der Waals surface area contributed by atoms with Crippen LogP contribution >= 0.6 is 22.9 Å². The van der Waals surface area contributed by atoms with Crippen molar-refractivity contribution in [1.82, 2.24) is 19.9 Å². The van der Waals surface area contributed by atoms with Crippen molar-refractivity contribution < 1.29 is 18.3 Å². The van der Waals surface area contributed by atoms with Crippen LogP contribution in [0.2, 0.25) is 5.02 Å². The molecule has 0 bridgehead atoms. The smallest absolute Gasteiger partial charge is 0.319 e. The van der Waals surface area contributed by atoms with E-state index in [0.717, 1.165) is 37.1 Å². The number of hydrogen-bond donors (Lipinski definition) is 1. The number of benzene rings is 2. The van der Waals surface area contributed by atoms with Crippen molar-refractivity contribution in [2.75, 3.05) is 57.1 Å². The largest absolute Gasteiger partial charge is 0.462 e. The molecule has 200 valence electrons. The standard InChI is InChI=1S/C26H27ClF2N6O2S/c1-34-7-2-4-14(34)13-37-26-32-21-16(24(33-26)35-8-3-10-36-11-9-35)12-17(27)19(20(21)29)15-5-6-18(28)23-22(15)31-25(30)38-23/h5-6,12,14H,2-4,7-11,13H2,1H3,(H2,30,31)/t14-/m0/s1. The second-order valence-corrected chi connectivity index (χ2v) is 11.1. The van der Waals surface area contributed by atoms with E-state index >= 15 is 4.39 Å². The van der Waals surface area contributed by atoms with Crippen molar-refractivity contribution in [3.8, 4) is 17.1 Å². The van der Waals surface area contributed by atoms with Gasteiger partial charge in [0.15, 0.2) is 10.9 Å². The van der Waals surface area contributed by atoms with E-state index in [1.165, 1.54) is 12.1 Å². The molecule has 12 heteroatoms. The molecule has 2 N–H and O–H groups in total. The molecular weight excluding hydrogens is 534 g/mol. The number of likely N-dealkylation sites (tertiary alicyclic amines) is 1. The predicted molar refractivity (Wildman–Crippen MR) is 146 cm³/mol. The highest BCUT2D eigenvalue weighted by molar-refractivity contribution is 7.22. The van der Waals surface area contributed by atoms with Gasteiger partial charge in [0.1, 0.15) is 23.8 Å². The van der Waals surface area contributed by atoms with Gasteiger partial charge in [0, 0.05) is 42.3 Å². The average Bonchev–Trinajstić information content (AvgIpc) is 3.39. The Labute approximate surface area is 227 Å². The molecule has 38 heavy (non-hydrogen) atoms. The Morgan fingerprint density at radius 3 is 2.82 bits per heavy atom. The Bertz CT molecular complexity index is 1510. The highest BCUT2D eigenvalue weighted by Crippen LogP contribution is 2.42. The number of thiazole rings is 1. The van der Waals surface area contributed by atoms with Crippen molar-refractivity contribution in [1.29, 1.82) is 0 Å². The number of ether oxygens (including phenoxy) is 2. The van der Waals surface area contributed by atoms with Gasteiger partial charge < -0.3 is 25.0 Å². The van der Waals surface area contributed by atoms with Crippen LogP contribution < -0.4 is 15.4 Å². The third-order valence-corrected chi connectivity index (χ3v) is 8.41. The normalized spacial score (nSPS) is 18.9. The maximum absolute atomic E-state index is 16.4. The van der Waals surface area contributed by atoms with E-state index in [9.17, 15) is 4.39 Å². The van der Waals surface area contributed by atoms with Crippen molar-refractivity contribution >= 4 is 55.0 Å². The summed E-state index contributed by atoms with van der Waals surface area (Å²) in [7, 11) is 2.06. The number of fused-ring (bicyclic) bond motifs is 2. The van der Waals surface area contributed by atoms with E-state index in [0.29, 0.717) is 49.7 Å². The van der Waals surface area contributed by atoms with Gasteiger partial charge in [0.25, 0.3) is 0 Å². The minimum absolute atomic E-state index is 0.0787. The number of anilines is 2. The van der Waals surface area contributed by atoms with Gasteiger partial charge in [0.05, 0.1) is 21.8 Å². The summed E-state index contributed by atoms with van der Waals surface area (Å²) in [6, 6.07) is 4.75. The van der Waals surface area contributed by atoms with E-state index in [2.05, 4.69) is 26.8 Å². The molecule has 6 rings (SSSR count). The van der Waals surface area contributed by atoms with Gasteiger partial charge in [-0.05, 0) is 51.1 Å². The molecule has 0 aliphatic carbocycles. The predicted octanol–water partition coefficient (Wildman–Crippen LogP) is 5.12. The minimum Gasteiger partial charge on any atom is -0.462 e. The molecule has 2 aromatic carbocycles. The zero-order valence-corrected chi connectivity index (χ0v) is 22.4. The number of nitrogen functional groups attached to an aromatic ring is 1. The molecule has 4 aromatic rings. The Kier molecular flexibility index (Phi) is 6.93. The topological polar surface area (TPSA) is 89.6 Å². The fourth-order valence-electron chi connectivity index (χ4n) is 5.22. The Morgan fingerprint density at radius 1 is 1.13 bits per heavy atom. The van der Waals surface area contributed by atoms with Crippen LogP contribution in [0, 0.1) is 11.6 Å². The Morgan fingerprint density at radius 2 is 2.00 bits per heavy atom. The van der Waals surface area contributed by atoms with Crippen molar-refractivity contribution in [3.63, 3.8) is 0 Å². The number of nitrogens with two attached hydrogens (primary N) is 1.